The van der Waals surface area contributed by atoms with Crippen molar-refractivity contribution in [2.24, 2.45) is 0 Å². The molecule has 0 saturated carbocycles. The van der Waals surface area contributed by atoms with Gasteiger partial charge in [0.25, 0.3) is 0 Å². The van der Waals surface area contributed by atoms with E-state index in [2.05, 4.69) is 9.72 Å². The molecular weight excluding hydrogens is 231 g/mol. The Hall–Kier alpha value is -2.12. The highest BCUT2D eigenvalue weighted by molar-refractivity contribution is 5.94. The Morgan fingerprint density at radius 1 is 1.31 bits per heavy atom. The van der Waals surface area contributed by atoms with Crippen molar-refractivity contribution in [2.45, 2.75) is 6.18 Å². The van der Waals surface area contributed by atoms with Gasteiger partial charge in [0, 0.05) is 12.4 Å². The second-order valence-corrected chi connectivity index (χ2v) is 2.62. The first-order valence-corrected chi connectivity index (χ1v) is 3.78. The standard InChI is InChI=1S/C8H4F3NO4/c9-8(10,11)5-1-4(2-12-3-5)6(13)16-7(14)15/h1-3H,(H,14,15). The minimum atomic E-state index is -4.66. The lowest BCUT2D eigenvalue weighted by atomic mass is 10.2. The molecule has 0 aliphatic carbocycles. The van der Waals surface area contributed by atoms with Gasteiger partial charge in [-0.1, -0.05) is 0 Å². The van der Waals surface area contributed by atoms with Crippen LogP contribution in [0.3, 0.4) is 0 Å². The van der Waals surface area contributed by atoms with Crippen molar-refractivity contribution in [2.75, 3.05) is 0 Å². The molecule has 1 N–H and O–H groups in total. The highest BCUT2D eigenvalue weighted by Crippen LogP contribution is 2.28. The number of aromatic nitrogens is 1. The second kappa shape index (κ2) is 4.17. The lowest BCUT2D eigenvalue weighted by Gasteiger charge is -2.06. The van der Waals surface area contributed by atoms with Crippen LogP contribution in [0.2, 0.25) is 0 Å². The van der Waals surface area contributed by atoms with Crippen LogP contribution in [0.25, 0.3) is 0 Å². The number of carboxylic acid groups (broad SMARTS) is 1. The summed E-state index contributed by atoms with van der Waals surface area (Å²) in [4.78, 5) is 24.1. The average Bonchev–Trinajstić information content (AvgIpc) is 2.15. The summed E-state index contributed by atoms with van der Waals surface area (Å²) in [6.45, 7) is 0. The molecule has 0 fully saturated rings. The predicted octanol–water partition coefficient (Wildman–Crippen LogP) is 1.94. The van der Waals surface area contributed by atoms with Crippen molar-refractivity contribution >= 4 is 12.1 Å². The van der Waals surface area contributed by atoms with Gasteiger partial charge in [-0.3, -0.25) is 4.98 Å². The average molecular weight is 235 g/mol. The van der Waals surface area contributed by atoms with Gasteiger partial charge in [-0.2, -0.15) is 13.2 Å². The molecule has 0 bridgehead atoms. The number of halogens is 3. The fourth-order valence-corrected chi connectivity index (χ4v) is 0.845. The molecule has 0 spiro atoms. The molecule has 1 heterocycles. The van der Waals surface area contributed by atoms with Crippen molar-refractivity contribution < 1.29 is 32.6 Å². The van der Waals surface area contributed by atoms with Gasteiger partial charge in [0.2, 0.25) is 0 Å². The maximum Gasteiger partial charge on any atom is 0.513 e. The number of nitrogens with zero attached hydrogens (tertiary/aromatic N) is 1. The van der Waals surface area contributed by atoms with Crippen LogP contribution >= 0.6 is 0 Å². The summed E-state index contributed by atoms with van der Waals surface area (Å²) in [7, 11) is 0. The summed E-state index contributed by atoms with van der Waals surface area (Å²) >= 11 is 0. The number of rotatable bonds is 1. The molecule has 1 aromatic heterocycles. The molecule has 0 aliphatic heterocycles. The van der Waals surface area contributed by atoms with Crippen molar-refractivity contribution in [1.29, 1.82) is 0 Å². The van der Waals surface area contributed by atoms with Crippen molar-refractivity contribution in [1.82, 2.24) is 4.98 Å². The van der Waals surface area contributed by atoms with Crippen molar-refractivity contribution in [3.63, 3.8) is 0 Å². The zero-order chi connectivity index (χ0) is 12.3. The van der Waals surface area contributed by atoms with E-state index >= 15 is 0 Å². The lowest BCUT2D eigenvalue weighted by Crippen LogP contribution is -2.13. The number of alkyl halides is 3. The van der Waals surface area contributed by atoms with Gasteiger partial charge < -0.3 is 9.84 Å². The van der Waals surface area contributed by atoms with Gasteiger partial charge in [0.1, 0.15) is 0 Å². The molecule has 0 saturated heterocycles. The number of esters is 1. The van der Waals surface area contributed by atoms with Crippen LogP contribution in [0.5, 0.6) is 0 Å². The van der Waals surface area contributed by atoms with E-state index in [1.807, 2.05) is 0 Å². The summed E-state index contributed by atoms with van der Waals surface area (Å²) < 4.78 is 40.2. The first kappa shape index (κ1) is 12.0. The molecule has 0 atom stereocenters. The van der Waals surface area contributed by atoms with Crippen LogP contribution in [0.15, 0.2) is 18.5 Å². The Kier molecular flexibility index (Phi) is 3.11. The highest BCUT2D eigenvalue weighted by Gasteiger charge is 2.31. The van der Waals surface area contributed by atoms with E-state index in [1.54, 1.807) is 0 Å². The van der Waals surface area contributed by atoms with E-state index in [4.69, 9.17) is 5.11 Å². The van der Waals surface area contributed by atoms with E-state index in [9.17, 15) is 22.8 Å². The third-order valence-electron chi connectivity index (χ3n) is 1.48. The van der Waals surface area contributed by atoms with E-state index < -0.39 is 29.4 Å². The first-order chi connectivity index (χ1) is 7.30. The van der Waals surface area contributed by atoms with Gasteiger partial charge in [0.05, 0.1) is 11.1 Å². The quantitative estimate of drug-likeness (QED) is 0.594. The molecule has 0 aromatic carbocycles. The zero-order valence-corrected chi connectivity index (χ0v) is 7.49. The molecule has 86 valence electrons. The smallest absolute Gasteiger partial charge is 0.449 e. The molecule has 1 rings (SSSR count). The SMILES string of the molecule is O=C(O)OC(=O)c1cncc(C(F)(F)F)c1. The normalized spacial score (nSPS) is 10.9. The number of hydrogen-bond donors (Lipinski definition) is 1. The van der Waals surface area contributed by atoms with Gasteiger partial charge >= 0.3 is 18.3 Å². The Bertz CT molecular complexity index is 430. The molecule has 8 heteroatoms. The predicted molar refractivity (Wildman–Crippen MR) is 42.7 cm³/mol. The number of carbonyl (C=O) groups excluding carboxylic acids is 1. The van der Waals surface area contributed by atoms with Crippen LogP contribution in [0, 0.1) is 0 Å². The summed E-state index contributed by atoms with van der Waals surface area (Å²) in [6.07, 6.45) is -5.27. The highest BCUT2D eigenvalue weighted by atomic mass is 19.4. The molecule has 0 amide bonds. The largest absolute Gasteiger partial charge is 0.513 e. The fourth-order valence-electron chi connectivity index (χ4n) is 0.845. The van der Waals surface area contributed by atoms with Crippen LogP contribution in [0.4, 0.5) is 18.0 Å². The Labute approximate surface area is 86.5 Å². The Balaban J connectivity index is 2.99. The van der Waals surface area contributed by atoms with Gasteiger partial charge in [0.15, 0.2) is 0 Å². The molecule has 16 heavy (non-hydrogen) atoms. The molecule has 0 radical (unpaired) electrons. The molecule has 5 nitrogen and oxygen atoms in total. The summed E-state index contributed by atoms with van der Waals surface area (Å²) in [6, 6.07) is 0.457. The number of carbonyl (C=O) groups is 2. The van der Waals surface area contributed by atoms with E-state index in [-0.39, 0.29) is 0 Å². The van der Waals surface area contributed by atoms with Gasteiger partial charge in [-0.05, 0) is 6.07 Å². The number of pyridine rings is 1. The van der Waals surface area contributed by atoms with Crippen molar-refractivity contribution in [3.05, 3.63) is 29.6 Å². The molecule has 1 aromatic rings. The Morgan fingerprint density at radius 3 is 2.44 bits per heavy atom. The van der Waals surface area contributed by atoms with Crippen molar-refractivity contribution in [3.8, 4) is 0 Å². The summed E-state index contributed by atoms with van der Waals surface area (Å²) in [5.41, 5.74) is -1.75. The van der Waals surface area contributed by atoms with Crippen LogP contribution < -0.4 is 0 Å². The van der Waals surface area contributed by atoms with E-state index in [0.717, 1.165) is 6.20 Å². The third-order valence-corrected chi connectivity index (χ3v) is 1.48. The summed E-state index contributed by atoms with van der Waals surface area (Å²) in [5, 5.41) is 8.09. The monoisotopic (exact) mass is 235 g/mol. The zero-order valence-electron chi connectivity index (χ0n) is 7.49. The third kappa shape index (κ3) is 2.94. The van der Waals surface area contributed by atoms with Crippen LogP contribution in [-0.4, -0.2) is 22.2 Å². The fraction of sp³-hybridized carbons (Fsp3) is 0.125. The molecule has 0 unspecified atom stereocenters. The molecular formula is C8H4F3NO4. The van der Waals surface area contributed by atoms with Gasteiger partial charge in [-0.15, -0.1) is 0 Å². The number of hydrogen-bond acceptors (Lipinski definition) is 4. The molecule has 0 aliphatic rings. The maximum absolute atomic E-state index is 12.2. The minimum absolute atomic E-state index is 0.457. The van der Waals surface area contributed by atoms with Crippen LogP contribution in [-0.2, 0) is 10.9 Å². The second-order valence-electron chi connectivity index (χ2n) is 2.62. The number of ether oxygens (including phenoxy) is 1. The first-order valence-electron chi connectivity index (χ1n) is 3.78. The van der Waals surface area contributed by atoms with Gasteiger partial charge in [-0.25, -0.2) is 9.59 Å². The Morgan fingerprint density at radius 2 is 1.94 bits per heavy atom. The van der Waals surface area contributed by atoms with Crippen LogP contribution in [0.1, 0.15) is 15.9 Å². The summed E-state index contributed by atoms with van der Waals surface area (Å²) in [5.74, 6) is -1.41. The maximum atomic E-state index is 12.2. The van der Waals surface area contributed by atoms with E-state index in [1.165, 1.54) is 0 Å². The topological polar surface area (TPSA) is 76.5 Å². The lowest BCUT2D eigenvalue weighted by molar-refractivity contribution is -0.137. The van der Waals surface area contributed by atoms with E-state index in [0.29, 0.717) is 12.3 Å². The minimum Gasteiger partial charge on any atom is -0.449 e.